The molecule has 0 fully saturated rings. The lowest BCUT2D eigenvalue weighted by molar-refractivity contribution is 0.586. The van der Waals surface area contributed by atoms with Crippen molar-refractivity contribution < 1.29 is 8.42 Å². The predicted octanol–water partition coefficient (Wildman–Crippen LogP) is 1.77. The van der Waals surface area contributed by atoms with Crippen molar-refractivity contribution in [3.8, 4) is 0 Å². The van der Waals surface area contributed by atoms with Crippen molar-refractivity contribution in [2.24, 2.45) is 0 Å². The molecule has 0 saturated carbocycles. The van der Waals surface area contributed by atoms with Gasteiger partial charge in [0.2, 0.25) is 0 Å². The summed E-state index contributed by atoms with van der Waals surface area (Å²) in [6.07, 6.45) is 0. The minimum absolute atomic E-state index is 0.104. The molecule has 114 valence electrons. The number of benzene rings is 2. The molecule has 22 heavy (non-hydrogen) atoms. The third kappa shape index (κ3) is 2.01. The maximum absolute atomic E-state index is 12.9. The number of hydrogen-bond acceptors (Lipinski definition) is 4. The fraction of sp³-hybridized carbons (Fsp3) is 0.133. The van der Waals surface area contributed by atoms with E-state index in [1.54, 1.807) is 44.2 Å². The second-order valence-electron chi connectivity index (χ2n) is 5.19. The van der Waals surface area contributed by atoms with Gasteiger partial charge in [0.1, 0.15) is 0 Å². The number of fused-ring (bicyclic) bond motifs is 1. The summed E-state index contributed by atoms with van der Waals surface area (Å²) in [6, 6.07) is 9.71. The molecule has 0 aliphatic heterocycles. The van der Waals surface area contributed by atoms with E-state index in [1.807, 2.05) is 0 Å². The monoisotopic (exact) mass is 317 g/mol. The van der Waals surface area contributed by atoms with Gasteiger partial charge in [0.05, 0.1) is 15.9 Å². The highest BCUT2D eigenvalue weighted by Crippen LogP contribution is 2.23. The Morgan fingerprint density at radius 3 is 2.45 bits per heavy atom. The Bertz CT molecular complexity index is 1050. The van der Waals surface area contributed by atoms with Crippen LogP contribution in [0.2, 0.25) is 0 Å². The van der Waals surface area contributed by atoms with Crippen molar-refractivity contribution in [1.29, 1.82) is 0 Å². The van der Waals surface area contributed by atoms with E-state index in [0.717, 1.165) is 3.97 Å². The van der Waals surface area contributed by atoms with Crippen LogP contribution in [-0.2, 0) is 10.0 Å². The second kappa shape index (κ2) is 4.74. The van der Waals surface area contributed by atoms with Gasteiger partial charge in [-0.25, -0.2) is 13.2 Å². The van der Waals surface area contributed by atoms with Crippen LogP contribution in [0.15, 0.2) is 46.1 Å². The predicted molar refractivity (Wildman–Crippen MR) is 85.5 cm³/mol. The lowest BCUT2D eigenvalue weighted by atomic mass is 10.2. The summed E-state index contributed by atoms with van der Waals surface area (Å²) >= 11 is 0. The van der Waals surface area contributed by atoms with Gasteiger partial charge in [0, 0.05) is 5.69 Å². The summed E-state index contributed by atoms with van der Waals surface area (Å²) in [5.74, 6) is 0. The van der Waals surface area contributed by atoms with E-state index in [1.165, 1.54) is 6.07 Å². The Hall–Kier alpha value is -2.54. The Balaban J connectivity index is 2.40. The summed E-state index contributed by atoms with van der Waals surface area (Å²) in [5, 5.41) is 0. The Kier molecular flexibility index (Phi) is 3.10. The third-order valence-corrected chi connectivity index (χ3v) is 5.50. The first-order valence-corrected chi connectivity index (χ1v) is 8.08. The van der Waals surface area contributed by atoms with E-state index in [2.05, 4.69) is 4.98 Å². The molecule has 6 nitrogen and oxygen atoms in total. The largest absolute Gasteiger partial charge is 0.398 e. The van der Waals surface area contributed by atoms with Crippen molar-refractivity contribution in [1.82, 2.24) is 8.96 Å². The minimum Gasteiger partial charge on any atom is -0.398 e. The van der Waals surface area contributed by atoms with Crippen LogP contribution in [-0.4, -0.2) is 17.4 Å². The molecule has 0 aliphatic rings. The van der Waals surface area contributed by atoms with Crippen LogP contribution in [0.25, 0.3) is 11.0 Å². The standard InChI is InChI=1S/C15H15N3O3S/c1-9-5-3-4-6-14(9)22(20,21)18-13-7-10(2)11(16)8-12(13)17-15(18)19/h3-8H,16H2,1-2H3,(H,17,19). The van der Waals surface area contributed by atoms with Crippen molar-refractivity contribution in [3.05, 3.63) is 58.0 Å². The fourth-order valence-corrected chi connectivity index (χ4v) is 4.03. The zero-order valence-corrected chi connectivity index (χ0v) is 12.9. The number of hydrogen-bond donors (Lipinski definition) is 2. The van der Waals surface area contributed by atoms with E-state index >= 15 is 0 Å². The van der Waals surface area contributed by atoms with Crippen LogP contribution >= 0.6 is 0 Å². The van der Waals surface area contributed by atoms with Gasteiger partial charge in [-0.3, -0.25) is 0 Å². The lowest BCUT2D eigenvalue weighted by Crippen LogP contribution is -2.25. The molecular weight excluding hydrogens is 302 g/mol. The molecule has 0 spiro atoms. The Morgan fingerprint density at radius 1 is 1.09 bits per heavy atom. The van der Waals surface area contributed by atoms with Gasteiger partial charge in [0.15, 0.2) is 0 Å². The first kappa shape index (κ1) is 14.4. The zero-order chi connectivity index (χ0) is 16.1. The highest BCUT2D eigenvalue weighted by atomic mass is 32.2. The molecule has 0 bridgehead atoms. The third-order valence-electron chi connectivity index (χ3n) is 3.64. The molecule has 1 heterocycles. The molecular formula is C15H15N3O3S. The van der Waals surface area contributed by atoms with Crippen molar-refractivity contribution >= 4 is 26.7 Å². The summed E-state index contributed by atoms with van der Waals surface area (Å²) in [6.45, 7) is 3.45. The van der Waals surface area contributed by atoms with Gasteiger partial charge in [-0.05, 0) is 43.2 Å². The zero-order valence-electron chi connectivity index (χ0n) is 12.1. The number of nitrogen functional groups attached to an aromatic ring is 1. The van der Waals surface area contributed by atoms with Gasteiger partial charge >= 0.3 is 5.69 Å². The van der Waals surface area contributed by atoms with Crippen LogP contribution in [0.4, 0.5) is 5.69 Å². The van der Waals surface area contributed by atoms with Gasteiger partial charge < -0.3 is 10.7 Å². The van der Waals surface area contributed by atoms with E-state index in [9.17, 15) is 13.2 Å². The number of H-pyrrole nitrogens is 1. The molecule has 7 heteroatoms. The summed E-state index contributed by atoms with van der Waals surface area (Å²) < 4.78 is 26.5. The summed E-state index contributed by atoms with van der Waals surface area (Å²) in [4.78, 5) is 14.8. The molecule has 3 N–H and O–H groups in total. The molecule has 2 aromatic carbocycles. The molecule has 0 saturated heterocycles. The molecule has 3 rings (SSSR count). The van der Waals surface area contributed by atoms with Crippen LogP contribution in [0, 0.1) is 13.8 Å². The number of nitrogens with one attached hydrogen (secondary N) is 1. The smallest absolute Gasteiger partial charge is 0.340 e. The topological polar surface area (TPSA) is 97.9 Å². The van der Waals surface area contributed by atoms with Gasteiger partial charge in [-0.15, -0.1) is 0 Å². The summed E-state index contributed by atoms with van der Waals surface area (Å²) in [5.41, 5.74) is 7.57. The van der Waals surface area contributed by atoms with E-state index in [0.29, 0.717) is 27.8 Å². The highest BCUT2D eigenvalue weighted by molar-refractivity contribution is 7.90. The van der Waals surface area contributed by atoms with E-state index < -0.39 is 15.7 Å². The first-order chi connectivity index (χ1) is 10.3. The fourth-order valence-electron chi connectivity index (χ4n) is 2.44. The quantitative estimate of drug-likeness (QED) is 0.704. The molecule has 0 radical (unpaired) electrons. The first-order valence-electron chi connectivity index (χ1n) is 6.64. The van der Waals surface area contributed by atoms with Crippen LogP contribution in [0.3, 0.4) is 0 Å². The highest BCUT2D eigenvalue weighted by Gasteiger charge is 2.24. The molecule has 1 aromatic heterocycles. The van der Waals surface area contributed by atoms with Crippen LogP contribution in [0.1, 0.15) is 11.1 Å². The van der Waals surface area contributed by atoms with E-state index in [4.69, 9.17) is 5.73 Å². The number of aryl methyl sites for hydroxylation is 2. The van der Waals surface area contributed by atoms with Crippen molar-refractivity contribution in [2.45, 2.75) is 18.7 Å². The minimum atomic E-state index is -3.98. The number of aromatic nitrogens is 2. The van der Waals surface area contributed by atoms with Crippen LogP contribution < -0.4 is 11.4 Å². The Morgan fingerprint density at radius 2 is 1.77 bits per heavy atom. The number of imidazole rings is 1. The van der Waals surface area contributed by atoms with Gasteiger partial charge in [-0.2, -0.15) is 3.97 Å². The average Bonchev–Trinajstić information content (AvgIpc) is 2.75. The number of rotatable bonds is 2. The van der Waals surface area contributed by atoms with Gasteiger partial charge in [0.25, 0.3) is 10.0 Å². The number of nitrogens with zero attached hydrogens (tertiary/aromatic N) is 1. The molecule has 3 aromatic rings. The average molecular weight is 317 g/mol. The number of aromatic amines is 1. The van der Waals surface area contributed by atoms with Gasteiger partial charge in [-0.1, -0.05) is 18.2 Å². The normalized spacial score (nSPS) is 11.9. The molecule has 0 aliphatic carbocycles. The van der Waals surface area contributed by atoms with Crippen molar-refractivity contribution in [2.75, 3.05) is 5.73 Å². The molecule has 0 unspecified atom stereocenters. The SMILES string of the molecule is Cc1cc2c(cc1N)[nH]c(=O)n2S(=O)(=O)c1ccccc1C. The number of nitrogens with two attached hydrogens (primary N) is 1. The van der Waals surface area contributed by atoms with Crippen molar-refractivity contribution in [3.63, 3.8) is 0 Å². The lowest BCUT2D eigenvalue weighted by Gasteiger charge is -2.09. The Labute approximate surface area is 127 Å². The maximum atomic E-state index is 12.9. The second-order valence-corrected chi connectivity index (χ2v) is 6.95. The summed E-state index contributed by atoms with van der Waals surface area (Å²) in [7, 11) is -3.98. The number of anilines is 1. The van der Waals surface area contributed by atoms with Crippen LogP contribution in [0.5, 0.6) is 0 Å². The molecule has 0 atom stereocenters. The van der Waals surface area contributed by atoms with E-state index in [-0.39, 0.29) is 4.90 Å². The maximum Gasteiger partial charge on any atom is 0.340 e. The molecule has 0 amide bonds.